The van der Waals surface area contributed by atoms with E-state index in [2.05, 4.69) is 20.8 Å². The van der Waals surface area contributed by atoms with E-state index in [1.807, 2.05) is 99.6 Å². The lowest BCUT2D eigenvalue weighted by atomic mass is 9.83. The highest BCUT2D eigenvalue weighted by atomic mass is 16.6. The van der Waals surface area contributed by atoms with Crippen molar-refractivity contribution in [2.75, 3.05) is 53.3 Å². The summed E-state index contributed by atoms with van der Waals surface area (Å²) in [5, 5.41) is 19.2. The summed E-state index contributed by atoms with van der Waals surface area (Å²) in [4.78, 5) is 132. The molecule has 2 aromatic rings. The number of likely N-dealkylation sites (N-methyl/N-ethyl adjacent to an activating group) is 2. The third kappa shape index (κ3) is 24.1. The molecule has 0 aliphatic carbocycles. The van der Waals surface area contributed by atoms with Gasteiger partial charge in [-0.2, -0.15) is 0 Å². The minimum absolute atomic E-state index is 0.0468. The second kappa shape index (κ2) is 39.0. The van der Waals surface area contributed by atoms with Crippen molar-refractivity contribution in [1.29, 1.82) is 0 Å². The number of hydrogen-bond donors (Lipinski definition) is 6. The van der Waals surface area contributed by atoms with Crippen molar-refractivity contribution < 1.29 is 67.3 Å². The van der Waals surface area contributed by atoms with Crippen molar-refractivity contribution in [3.63, 3.8) is 0 Å². The summed E-state index contributed by atoms with van der Waals surface area (Å²) in [5.74, 6) is -0.357. The number of unbranched alkanes of at least 4 members (excludes halogenated alkanes) is 2. The van der Waals surface area contributed by atoms with Crippen LogP contribution in [0.25, 0.3) is 0 Å². The van der Waals surface area contributed by atoms with Crippen LogP contribution in [0, 0.1) is 47.3 Å². The number of benzene rings is 2. The summed E-state index contributed by atoms with van der Waals surface area (Å²) >= 11 is 0. The average molecular weight is 1250 g/mol. The maximum absolute atomic E-state index is 14.9. The quantitative estimate of drug-likeness (QED) is 0.0269. The summed E-state index contributed by atoms with van der Waals surface area (Å²) in [6, 6.07) is 12.4. The van der Waals surface area contributed by atoms with Gasteiger partial charge in [0, 0.05) is 90.5 Å². The van der Waals surface area contributed by atoms with E-state index in [-0.39, 0.29) is 122 Å². The summed E-state index contributed by atoms with van der Waals surface area (Å²) in [5.41, 5.74) is 6.97. The molecule has 0 unspecified atom stereocenters. The molecule has 0 radical (unpaired) electrons. The molecule has 1 saturated heterocycles. The highest BCUT2D eigenvalue weighted by Crippen LogP contribution is 2.33. The number of aliphatic hydroxyl groups excluding tert-OH is 1. The number of nitrogens with one attached hydrogen (secondary N) is 3. The number of methoxy groups -OCH3 is 2. The first-order valence-electron chi connectivity index (χ1n) is 32.0. The van der Waals surface area contributed by atoms with Crippen molar-refractivity contribution in [3.05, 3.63) is 65.7 Å². The maximum atomic E-state index is 14.9. The topological polar surface area (TPSA) is 309 Å². The zero-order valence-electron chi connectivity index (χ0n) is 55.6. The second-order valence-corrected chi connectivity index (χ2v) is 25.4. The summed E-state index contributed by atoms with van der Waals surface area (Å²) in [6.07, 6.45) is 1.68. The zero-order valence-corrected chi connectivity index (χ0v) is 55.6. The third-order valence-corrected chi connectivity index (χ3v) is 17.7. The predicted molar refractivity (Wildman–Crippen MR) is 341 cm³/mol. The lowest BCUT2D eigenvalue weighted by Gasteiger charge is -2.41. The Kier molecular flexibility index (Phi) is 33.7. The zero-order chi connectivity index (χ0) is 66.7. The van der Waals surface area contributed by atoms with Gasteiger partial charge in [-0.3, -0.25) is 33.6 Å². The molecular weight excluding hydrogens is 1140 g/mol. The third-order valence-electron chi connectivity index (χ3n) is 17.7. The van der Waals surface area contributed by atoms with Crippen molar-refractivity contribution >= 4 is 58.8 Å². The number of urea groups is 1. The number of likely N-dealkylation sites (tertiary alicyclic amines) is 1. The van der Waals surface area contributed by atoms with Gasteiger partial charge in [0.25, 0.3) is 0 Å². The molecule has 0 bridgehead atoms. The van der Waals surface area contributed by atoms with E-state index in [1.54, 1.807) is 48.2 Å². The summed E-state index contributed by atoms with van der Waals surface area (Å²) in [6.45, 7) is 19.6. The molecule has 1 aliphatic heterocycles. The number of anilines is 1. The molecule has 500 valence electrons. The minimum Gasteiger partial charge on any atom is -0.445 e. The van der Waals surface area contributed by atoms with Crippen molar-refractivity contribution in [1.82, 2.24) is 25.3 Å². The van der Waals surface area contributed by atoms with E-state index >= 15 is 0 Å². The van der Waals surface area contributed by atoms with Gasteiger partial charge >= 0.3 is 12.1 Å². The Morgan fingerprint density at radius 1 is 0.742 bits per heavy atom. The van der Waals surface area contributed by atoms with Gasteiger partial charge in [-0.1, -0.05) is 125 Å². The van der Waals surface area contributed by atoms with Crippen molar-refractivity contribution in [2.45, 2.75) is 202 Å². The largest absolute Gasteiger partial charge is 0.445 e. The van der Waals surface area contributed by atoms with Crippen LogP contribution in [0.5, 0.6) is 0 Å². The highest BCUT2D eigenvalue weighted by Gasteiger charge is 2.44. The maximum Gasteiger partial charge on any atom is 0.410 e. The molecule has 0 saturated carbocycles. The number of amides is 7. The molecule has 0 aromatic heterocycles. The van der Waals surface area contributed by atoms with E-state index in [4.69, 9.17) is 25.8 Å². The number of rotatable bonds is 41. The number of primary amides is 1. The predicted octanol–water partition coefficient (Wildman–Crippen LogP) is 8.31. The van der Waals surface area contributed by atoms with Crippen LogP contribution in [0.15, 0.2) is 54.6 Å². The summed E-state index contributed by atoms with van der Waals surface area (Å²) in [7, 11) is 6.26. The van der Waals surface area contributed by atoms with Crippen LogP contribution in [0.1, 0.15) is 170 Å². The van der Waals surface area contributed by atoms with Crippen molar-refractivity contribution in [3.8, 4) is 0 Å². The van der Waals surface area contributed by atoms with Crippen molar-refractivity contribution in [2.24, 2.45) is 59.0 Å². The Morgan fingerprint density at radius 2 is 1.40 bits per heavy atom. The number of carbonyl (C=O) groups excluding carboxylic acids is 9. The number of Topliss-reactive ketones (excluding diaryl/α,β-unsaturated/α-hetero) is 3. The molecule has 8 N–H and O–H groups in total. The fraction of sp³-hybridized carbons (Fsp3) is 0.687. The van der Waals surface area contributed by atoms with Gasteiger partial charge in [-0.15, -0.1) is 0 Å². The van der Waals surface area contributed by atoms with E-state index in [9.17, 15) is 48.3 Å². The fourth-order valence-corrected chi connectivity index (χ4v) is 12.2. The van der Waals surface area contributed by atoms with Crippen LogP contribution in [0.2, 0.25) is 0 Å². The minimum atomic E-state index is -0.952. The Hall–Kier alpha value is -6.33. The monoisotopic (exact) mass is 1250 g/mol. The molecule has 7 amide bonds. The number of nitrogens with two attached hydrogens (primary N) is 2. The molecule has 89 heavy (non-hydrogen) atoms. The number of ether oxygens (including phenoxy) is 3. The van der Waals surface area contributed by atoms with Gasteiger partial charge in [-0.25, -0.2) is 15.5 Å². The molecule has 0 spiro atoms. The molecule has 1 heterocycles. The van der Waals surface area contributed by atoms with Crippen LogP contribution in [-0.4, -0.2) is 157 Å². The SMILES string of the molecule is CC[C@H](C)[C@@H]([C@@H](CC(=O)N1CCC[C@H]1[C@H](OC)[C@@H](C)C(=O)C[C@H](C)[C@@H](O)c1ccccc1)OC)N(C)C(=O)[C@@H](CC(=O)[C@H](C(C)C)N(C)C(=O)OCc1ccc(NC(=O)[C@H](CCCNC(N)=O)CC(=O)[C@@H](NC(=O)CCCCCON)C(C)C)cc1)C(C)C. The number of ketones is 3. The van der Waals surface area contributed by atoms with Crippen LogP contribution < -0.4 is 27.6 Å². The Morgan fingerprint density at radius 3 is 1.98 bits per heavy atom. The van der Waals surface area contributed by atoms with Gasteiger partial charge in [0.1, 0.15) is 12.4 Å². The number of hydrogen-bond acceptors (Lipinski definition) is 15. The van der Waals surface area contributed by atoms with Crippen LogP contribution >= 0.6 is 0 Å². The lowest BCUT2D eigenvalue weighted by molar-refractivity contribution is -0.149. The Labute approximate surface area is 529 Å². The van der Waals surface area contributed by atoms with Gasteiger partial charge in [0.15, 0.2) is 11.6 Å². The number of nitrogens with zero attached hydrogens (tertiary/aromatic N) is 3. The van der Waals surface area contributed by atoms with E-state index < -0.39 is 72.2 Å². The Bertz CT molecular complexity index is 2550. The van der Waals surface area contributed by atoms with Gasteiger partial charge in [0.2, 0.25) is 23.6 Å². The fourth-order valence-electron chi connectivity index (χ4n) is 12.2. The van der Waals surface area contributed by atoms with E-state index in [1.165, 1.54) is 19.1 Å². The van der Waals surface area contributed by atoms with Gasteiger partial charge in [-0.05, 0) is 91.4 Å². The van der Waals surface area contributed by atoms with E-state index in [0.29, 0.717) is 62.9 Å². The van der Waals surface area contributed by atoms with E-state index in [0.717, 1.165) is 12.0 Å². The van der Waals surface area contributed by atoms with Gasteiger partial charge in [0.05, 0.1) is 55.5 Å². The summed E-state index contributed by atoms with van der Waals surface area (Å²) < 4.78 is 17.9. The Balaban J connectivity index is 1.70. The highest BCUT2D eigenvalue weighted by molar-refractivity contribution is 5.97. The number of aliphatic hydroxyl groups is 1. The lowest BCUT2D eigenvalue weighted by Crippen LogP contribution is -2.54. The molecule has 1 fully saturated rings. The first-order valence-corrected chi connectivity index (χ1v) is 32.0. The molecular formula is C67H108N8O14. The smallest absolute Gasteiger partial charge is 0.410 e. The molecule has 3 rings (SSSR count). The normalized spacial score (nSPS) is 17.1. The second-order valence-electron chi connectivity index (χ2n) is 25.4. The molecule has 12 atom stereocenters. The molecule has 22 nitrogen and oxygen atoms in total. The standard InChI is InChI=1S/C67H108N8O14/c1-15-44(8)61(56(86-13)39-58(80)75-34-23-27-52(75)63(87-14)46(10)53(76)36-45(9)62(81)48-24-18-16-19-25-48)73(11)65(83)51(41(2)3)38-55(78)60(43(6)7)74(12)67(85)88-40-47-29-31-50(32-30-47)71-64(82)49(26-22-33-70-66(68)84)37-54(77)59(42(4)5)72-57(79)28-20-17-21-35-89-69/h16,18-19,24-25,29-32,41-46,49,51-52,56,59-63,81H,15,17,20-23,26-28,33-40,69H2,1-14H3,(H,71,82)(H,72,79)(H3,68,70,84)/t44-,45-,46-,49+,51-,52-,56+,59-,60-,61-,62+,63+/m0/s1. The molecule has 1 aliphatic rings. The first kappa shape index (κ1) is 76.9. The first-order chi connectivity index (χ1) is 42.1. The number of carbonyl (C=O) groups is 9. The molecule has 2 aromatic carbocycles. The van der Waals surface area contributed by atoms with Gasteiger partial charge < -0.3 is 60.5 Å². The van der Waals surface area contributed by atoms with Crippen LogP contribution in [0.3, 0.4) is 0 Å². The average Bonchev–Trinajstić information content (AvgIpc) is 4.10. The van der Waals surface area contributed by atoms with Crippen LogP contribution in [-0.2, 0) is 59.2 Å². The van der Waals surface area contributed by atoms with Crippen LogP contribution in [0.4, 0.5) is 15.3 Å². The molecule has 22 heteroatoms.